The van der Waals surface area contributed by atoms with E-state index in [4.69, 9.17) is 10.2 Å². The van der Waals surface area contributed by atoms with Crippen molar-refractivity contribution in [3.05, 3.63) is 0 Å². The first-order chi connectivity index (χ1) is 5.93. The lowest BCUT2D eigenvalue weighted by molar-refractivity contribution is -0.142. The Morgan fingerprint density at radius 1 is 1.29 bits per heavy atom. The van der Waals surface area contributed by atoms with Crippen LogP contribution in [0.3, 0.4) is 0 Å². The molecule has 0 saturated heterocycles. The van der Waals surface area contributed by atoms with Crippen molar-refractivity contribution in [3.63, 3.8) is 0 Å². The third-order valence-corrected chi connectivity index (χ3v) is 1.32. The highest BCUT2D eigenvalue weighted by Gasteiger charge is 2.18. The van der Waals surface area contributed by atoms with E-state index < -0.39 is 23.9 Å². The van der Waals surface area contributed by atoms with Crippen LogP contribution in [0.15, 0.2) is 0 Å². The van der Waals surface area contributed by atoms with Crippen LogP contribution >= 0.6 is 0 Å². The lowest BCUT2D eigenvalue weighted by atomic mass is 10.1. The van der Waals surface area contributed by atoms with E-state index >= 15 is 0 Å². The summed E-state index contributed by atoms with van der Waals surface area (Å²) in [5, 5.41) is 18.9. The molecule has 0 aliphatic heterocycles. The summed E-state index contributed by atoms with van der Waals surface area (Å²) >= 11 is 0. The normalized spacial score (nSPS) is 10.9. The number of nitrogens with one attached hydrogen (secondary N) is 1. The van der Waals surface area contributed by atoms with Crippen molar-refractivity contribution in [1.82, 2.24) is 5.32 Å². The van der Waals surface area contributed by atoms with Gasteiger partial charge >= 0.3 is 11.9 Å². The van der Waals surface area contributed by atoms with Crippen LogP contribution in [-0.4, -0.2) is 39.6 Å². The summed E-state index contributed by atoms with van der Waals surface area (Å²) in [5.74, 6) is -2.80. The lowest BCUT2D eigenvalue weighted by Gasteiger charge is -2.10. The Labute approximate surface area is 80.0 Å². The van der Waals surface area contributed by atoms with E-state index in [0.29, 0.717) is 0 Å². The fourth-order valence-electron chi connectivity index (χ4n) is 0.771. The first-order valence-electron chi connectivity index (χ1n) is 3.65. The van der Waals surface area contributed by atoms with Crippen LogP contribution in [0.2, 0.25) is 0 Å². The fraction of sp³-hybridized carbons (Fsp3) is 0.571. The SMILES string of the molecule is CC(=O)N[C@@H](CCC(=O)O)C(=O)O.O. The van der Waals surface area contributed by atoms with Crippen molar-refractivity contribution in [2.45, 2.75) is 25.8 Å². The van der Waals surface area contributed by atoms with Crippen LogP contribution in [0.5, 0.6) is 0 Å². The second-order valence-electron chi connectivity index (χ2n) is 2.52. The maximum absolute atomic E-state index is 10.5. The Kier molecular flexibility index (Phi) is 7.27. The van der Waals surface area contributed by atoms with Gasteiger partial charge in [0.2, 0.25) is 5.91 Å². The van der Waals surface area contributed by atoms with Crippen molar-refractivity contribution >= 4 is 17.8 Å². The molecule has 1 atom stereocenters. The number of carboxylic acids is 2. The Morgan fingerprint density at radius 2 is 1.79 bits per heavy atom. The van der Waals surface area contributed by atoms with E-state index in [-0.39, 0.29) is 18.3 Å². The molecule has 0 saturated carbocycles. The summed E-state index contributed by atoms with van der Waals surface area (Å²) in [6.07, 6.45) is -0.387. The largest absolute Gasteiger partial charge is 0.481 e. The molecular formula is C7H13NO6. The maximum Gasteiger partial charge on any atom is 0.326 e. The summed E-state index contributed by atoms with van der Waals surface area (Å²) in [5.41, 5.74) is 0. The molecule has 0 aromatic carbocycles. The van der Waals surface area contributed by atoms with E-state index in [1.165, 1.54) is 6.92 Å². The Bertz CT molecular complexity index is 226. The number of carboxylic acid groups (broad SMARTS) is 2. The van der Waals surface area contributed by atoms with Gasteiger partial charge in [-0.1, -0.05) is 0 Å². The van der Waals surface area contributed by atoms with E-state index in [0.717, 1.165) is 0 Å². The molecule has 0 unspecified atom stereocenters. The zero-order valence-electron chi connectivity index (χ0n) is 7.61. The van der Waals surface area contributed by atoms with Gasteiger partial charge in [-0.05, 0) is 6.42 Å². The highest BCUT2D eigenvalue weighted by Crippen LogP contribution is 1.97. The summed E-state index contributed by atoms with van der Waals surface area (Å²) in [7, 11) is 0. The van der Waals surface area contributed by atoms with Crippen LogP contribution in [0, 0.1) is 0 Å². The minimum absolute atomic E-state index is 0. The molecule has 0 bridgehead atoms. The highest BCUT2D eigenvalue weighted by atomic mass is 16.4. The number of rotatable bonds is 5. The molecular weight excluding hydrogens is 194 g/mol. The van der Waals surface area contributed by atoms with Gasteiger partial charge in [0.1, 0.15) is 6.04 Å². The van der Waals surface area contributed by atoms with Gasteiger partial charge in [-0.25, -0.2) is 4.79 Å². The molecule has 0 fully saturated rings. The quantitative estimate of drug-likeness (QED) is 0.510. The summed E-state index contributed by atoms with van der Waals surface area (Å²) in [6, 6.07) is -1.12. The third-order valence-electron chi connectivity index (χ3n) is 1.32. The highest BCUT2D eigenvalue weighted by molar-refractivity contribution is 5.82. The average Bonchev–Trinajstić information content (AvgIpc) is 1.96. The van der Waals surface area contributed by atoms with Crippen LogP contribution in [0.1, 0.15) is 19.8 Å². The summed E-state index contributed by atoms with van der Waals surface area (Å²) in [6.45, 7) is 1.18. The number of hydrogen-bond acceptors (Lipinski definition) is 3. The minimum atomic E-state index is -1.23. The molecule has 0 rings (SSSR count). The molecule has 5 N–H and O–H groups in total. The molecule has 7 heteroatoms. The maximum atomic E-state index is 10.5. The fourth-order valence-corrected chi connectivity index (χ4v) is 0.771. The molecule has 0 radical (unpaired) electrons. The van der Waals surface area contributed by atoms with E-state index in [1.54, 1.807) is 0 Å². The zero-order valence-corrected chi connectivity index (χ0v) is 7.61. The first-order valence-corrected chi connectivity index (χ1v) is 3.65. The van der Waals surface area contributed by atoms with Crippen molar-refractivity contribution in [3.8, 4) is 0 Å². The Hall–Kier alpha value is -1.63. The van der Waals surface area contributed by atoms with Crippen LogP contribution < -0.4 is 5.32 Å². The van der Waals surface area contributed by atoms with Gasteiger partial charge in [-0.3, -0.25) is 9.59 Å². The molecule has 14 heavy (non-hydrogen) atoms. The van der Waals surface area contributed by atoms with Gasteiger partial charge in [-0.2, -0.15) is 0 Å². The van der Waals surface area contributed by atoms with Crippen LogP contribution in [-0.2, 0) is 14.4 Å². The Morgan fingerprint density at radius 3 is 2.07 bits per heavy atom. The summed E-state index contributed by atoms with van der Waals surface area (Å²) < 4.78 is 0. The van der Waals surface area contributed by atoms with Gasteiger partial charge < -0.3 is 21.0 Å². The topological polar surface area (TPSA) is 135 Å². The number of aliphatic carboxylic acids is 2. The molecule has 0 aromatic rings. The average molecular weight is 207 g/mol. The molecule has 0 aliphatic rings. The molecule has 0 aliphatic carbocycles. The third kappa shape index (κ3) is 7.04. The second-order valence-corrected chi connectivity index (χ2v) is 2.52. The standard InChI is InChI=1S/C7H11NO5.H2O/c1-4(9)8-5(7(12)13)2-3-6(10)11;/h5H,2-3H2,1H3,(H,8,9)(H,10,11)(H,12,13);1H2/t5-;/m0./s1. The van der Waals surface area contributed by atoms with E-state index in [9.17, 15) is 14.4 Å². The molecule has 1 amide bonds. The molecule has 7 nitrogen and oxygen atoms in total. The van der Waals surface area contributed by atoms with Crippen molar-refractivity contribution in [2.75, 3.05) is 0 Å². The minimum Gasteiger partial charge on any atom is -0.481 e. The van der Waals surface area contributed by atoms with Crippen molar-refractivity contribution < 1.29 is 30.1 Å². The molecule has 82 valence electrons. The van der Waals surface area contributed by atoms with Gasteiger partial charge in [0.25, 0.3) is 0 Å². The zero-order chi connectivity index (χ0) is 10.4. The van der Waals surface area contributed by atoms with Crippen molar-refractivity contribution in [1.29, 1.82) is 0 Å². The number of amides is 1. The Balaban J connectivity index is 0. The lowest BCUT2D eigenvalue weighted by Crippen LogP contribution is -2.39. The monoisotopic (exact) mass is 207 g/mol. The summed E-state index contributed by atoms with van der Waals surface area (Å²) in [4.78, 5) is 31.0. The molecule has 0 aromatic heterocycles. The number of carbonyl (C=O) groups excluding carboxylic acids is 1. The number of hydrogen-bond donors (Lipinski definition) is 3. The van der Waals surface area contributed by atoms with E-state index in [2.05, 4.69) is 5.32 Å². The second kappa shape index (κ2) is 6.84. The smallest absolute Gasteiger partial charge is 0.326 e. The van der Waals surface area contributed by atoms with Crippen LogP contribution in [0.4, 0.5) is 0 Å². The van der Waals surface area contributed by atoms with Gasteiger partial charge in [0.15, 0.2) is 0 Å². The number of carbonyl (C=O) groups is 3. The predicted molar refractivity (Wildman–Crippen MR) is 45.7 cm³/mol. The first kappa shape index (κ1) is 14.9. The van der Waals surface area contributed by atoms with Gasteiger partial charge in [0, 0.05) is 13.3 Å². The molecule has 0 heterocycles. The van der Waals surface area contributed by atoms with Gasteiger partial charge in [0.05, 0.1) is 0 Å². The van der Waals surface area contributed by atoms with Gasteiger partial charge in [-0.15, -0.1) is 0 Å². The van der Waals surface area contributed by atoms with Crippen molar-refractivity contribution in [2.24, 2.45) is 0 Å². The predicted octanol–water partition coefficient (Wildman–Crippen LogP) is -1.38. The van der Waals surface area contributed by atoms with E-state index in [1.807, 2.05) is 0 Å². The molecule has 0 spiro atoms. The van der Waals surface area contributed by atoms with Crippen LogP contribution in [0.25, 0.3) is 0 Å².